The van der Waals surface area contributed by atoms with Crippen molar-refractivity contribution < 1.29 is 9.34 Å². The Morgan fingerprint density at radius 3 is 2.59 bits per heavy atom. The summed E-state index contributed by atoms with van der Waals surface area (Å²) in [6.45, 7) is 6.28. The number of nitro groups is 1. The maximum atomic E-state index is 11.3. The van der Waals surface area contributed by atoms with Crippen LogP contribution in [0.3, 0.4) is 0 Å². The lowest BCUT2D eigenvalue weighted by atomic mass is 10.3. The van der Waals surface area contributed by atoms with Crippen molar-refractivity contribution in [2.75, 3.05) is 0 Å². The minimum atomic E-state index is -0.525. The average Bonchev–Trinajstić information content (AvgIpc) is 2.65. The highest BCUT2D eigenvalue weighted by Gasteiger charge is 2.12. The Kier molecular flexibility index (Phi) is 4.03. The van der Waals surface area contributed by atoms with Gasteiger partial charge in [-0.2, -0.15) is 0 Å². The molecule has 0 fully saturated rings. The number of benzene rings is 1. The Morgan fingerprint density at radius 1 is 1.41 bits per heavy atom. The number of rotatable bonds is 2. The highest BCUT2D eigenvalue weighted by Crippen LogP contribution is 2.19. The third-order valence-corrected chi connectivity index (χ3v) is 2.18. The monoisotopic (exact) mass is 238 g/mol. The summed E-state index contributed by atoms with van der Waals surface area (Å²) in [6.07, 6.45) is 0. The lowest BCUT2D eigenvalue weighted by molar-refractivity contribution is -0.384. The second-order valence-corrected chi connectivity index (χ2v) is 3.02. The van der Waals surface area contributed by atoms with Gasteiger partial charge in [0.05, 0.1) is 16.5 Å². The van der Waals surface area contributed by atoms with Crippen LogP contribution in [0.5, 0.6) is 0 Å². The maximum absolute atomic E-state index is 11.3. The van der Waals surface area contributed by atoms with E-state index in [2.05, 4.69) is 0 Å². The SMILES string of the molecule is CC.CCn1c(=O)oc2cc([N+](=O)[O-])ccc21. The number of aromatic nitrogens is 1. The van der Waals surface area contributed by atoms with Crippen molar-refractivity contribution in [1.82, 2.24) is 4.57 Å². The first-order valence-electron chi connectivity index (χ1n) is 5.41. The van der Waals surface area contributed by atoms with Crippen LogP contribution in [0.1, 0.15) is 20.8 Å². The zero-order chi connectivity index (χ0) is 13.0. The van der Waals surface area contributed by atoms with E-state index in [0.29, 0.717) is 12.1 Å². The quantitative estimate of drug-likeness (QED) is 0.595. The van der Waals surface area contributed by atoms with Crippen LogP contribution in [0.4, 0.5) is 5.69 Å². The number of nitro benzene ring substituents is 1. The van der Waals surface area contributed by atoms with Crippen LogP contribution in [-0.4, -0.2) is 9.49 Å². The standard InChI is InChI=1S/C9H8N2O4.C2H6/c1-2-10-7-4-3-6(11(13)14)5-8(7)15-9(10)12;1-2/h3-5H,2H2,1H3;1-2H3. The first-order valence-corrected chi connectivity index (χ1v) is 5.41. The van der Waals surface area contributed by atoms with E-state index in [1.807, 2.05) is 13.8 Å². The molecule has 0 aliphatic heterocycles. The van der Waals surface area contributed by atoms with Gasteiger partial charge in [0.25, 0.3) is 5.69 Å². The molecule has 0 spiro atoms. The van der Waals surface area contributed by atoms with E-state index in [1.165, 1.54) is 22.8 Å². The molecule has 0 amide bonds. The molecule has 1 aromatic heterocycles. The van der Waals surface area contributed by atoms with Gasteiger partial charge in [-0.1, -0.05) is 13.8 Å². The number of non-ortho nitro benzene ring substituents is 1. The summed E-state index contributed by atoms with van der Waals surface area (Å²) in [5.41, 5.74) is 0.739. The fourth-order valence-corrected chi connectivity index (χ4v) is 1.47. The van der Waals surface area contributed by atoms with Crippen molar-refractivity contribution in [3.8, 4) is 0 Å². The lowest BCUT2D eigenvalue weighted by Gasteiger charge is -1.94. The molecule has 0 saturated heterocycles. The van der Waals surface area contributed by atoms with Gasteiger partial charge in [0.15, 0.2) is 5.58 Å². The van der Waals surface area contributed by atoms with E-state index in [1.54, 1.807) is 6.92 Å². The molecule has 0 unspecified atom stereocenters. The lowest BCUT2D eigenvalue weighted by Crippen LogP contribution is -2.11. The molecular weight excluding hydrogens is 224 g/mol. The van der Waals surface area contributed by atoms with Gasteiger partial charge >= 0.3 is 5.76 Å². The van der Waals surface area contributed by atoms with Crippen molar-refractivity contribution in [2.24, 2.45) is 0 Å². The molecule has 0 saturated carbocycles. The molecule has 6 nitrogen and oxygen atoms in total. The number of fused-ring (bicyclic) bond motifs is 1. The van der Waals surface area contributed by atoms with Crippen LogP contribution in [0, 0.1) is 10.1 Å². The predicted molar refractivity (Wildman–Crippen MR) is 64.2 cm³/mol. The normalized spacial score (nSPS) is 9.82. The molecule has 1 aromatic carbocycles. The summed E-state index contributed by atoms with van der Waals surface area (Å²) in [7, 11) is 0. The Balaban J connectivity index is 0.000000686. The Morgan fingerprint density at radius 2 is 2.06 bits per heavy atom. The van der Waals surface area contributed by atoms with Gasteiger partial charge in [0.1, 0.15) is 0 Å². The Hall–Kier alpha value is -2.11. The van der Waals surface area contributed by atoms with Crippen molar-refractivity contribution in [1.29, 1.82) is 0 Å². The second-order valence-electron chi connectivity index (χ2n) is 3.02. The molecule has 0 aliphatic carbocycles. The minimum absolute atomic E-state index is 0.0838. The fourth-order valence-electron chi connectivity index (χ4n) is 1.47. The van der Waals surface area contributed by atoms with Crippen molar-refractivity contribution in [2.45, 2.75) is 27.3 Å². The third kappa shape index (κ3) is 2.35. The van der Waals surface area contributed by atoms with Gasteiger partial charge in [-0.25, -0.2) is 4.79 Å². The van der Waals surface area contributed by atoms with Crippen LogP contribution in [0.15, 0.2) is 27.4 Å². The van der Waals surface area contributed by atoms with Gasteiger partial charge in [0, 0.05) is 12.6 Å². The van der Waals surface area contributed by atoms with E-state index in [-0.39, 0.29) is 11.3 Å². The van der Waals surface area contributed by atoms with E-state index < -0.39 is 10.7 Å². The highest BCUT2D eigenvalue weighted by atomic mass is 16.6. The number of aryl methyl sites for hydroxylation is 1. The van der Waals surface area contributed by atoms with Gasteiger partial charge < -0.3 is 4.42 Å². The summed E-state index contributed by atoms with van der Waals surface area (Å²) >= 11 is 0. The third-order valence-electron chi connectivity index (χ3n) is 2.18. The van der Waals surface area contributed by atoms with Crippen molar-refractivity contribution in [3.63, 3.8) is 0 Å². The summed E-state index contributed by atoms with van der Waals surface area (Å²) in [5, 5.41) is 10.5. The summed E-state index contributed by atoms with van der Waals surface area (Å²) in [5.74, 6) is -0.493. The summed E-state index contributed by atoms with van der Waals surface area (Å²) in [6, 6.07) is 4.12. The Bertz CT molecular complexity index is 583. The molecule has 2 rings (SSSR count). The fraction of sp³-hybridized carbons (Fsp3) is 0.364. The molecule has 0 radical (unpaired) electrons. The van der Waals surface area contributed by atoms with Crippen LogP contribution in [0.2, 0.25) is 0 Å². The van der Waals surface area contributed by atoms with Gasteiger partial charge in [-0.15, -0.1) is 0 Å². The van der Waals surface area contributed by atoms with Crippen LogP contribution in [0.25, 0.3) is 11.1 Å². The number of hydrogen-bond donors (Lipinski definition) is 0. The van der Waals surface area contributed by atoms with Crippen molar-refractivity contribution >= 4 is 16.8 Å². The Labute approximate surface area is 97.6 Å². The molecule has 2 aromatic rings. The van der Waals surface area contributed by atoms with E-state index in [0.717, 1.165) is 0 Å². The van der Waals surface area contributed by atoms with Gasteiger partial charge in [0.2, 0.25) is 0 Å². The smallest absolute Gasteiger partial charge is 0.407 e. The molecular formula is C11H14N2O4. The summed E-state index contributed by atoms with van der Waals surface area (Å²) < 4.78 is 6.30. The number of oxazole rings is 1. The van der Waals surface area contributed by atoms with Crippen LogP contribution >= 0.6 is 0 Å². The molecule has 6 heteroatoms. The van der Waals surface area contributed by atoms with Crippen LogP contribution < -0.4 is 5.76 Å². The molecule has 0 bridgehead atoms. The number of nitrogens with zero attached hydrogens (tertiary/aromatic N) is 2. The number of hydrogen-bond acceptors (Lipinski definition) is 4. The first kappa shape index (κ1) is 13.0. The molecule has 0 aliphatic rings. The van der Waals surface area contributed by atoms with E-state index >= 15 is 0 Å². The first-order chi connectivity index (χ1) is 8.13. The molecule has 0 atom stereocenters. The van der Waals surface area contributed by atoms with Crippen LogP contribution in [-0.2, 0) is 6.54 Å². The molecule has 1 heterocycles. The summed E-state index contributed by atoms with van der Waals surface area (Å²) in [4.78, 5) is 21.2. The van der Waals surface area contributed by atoms with E-state index in [9.17, 15) is 14.9 Å². The molecule has 0 N–H and O–H groups in total. The highest BCUT2D eigenvalue weighted by molar-refractivity contribution is 5.75. The largest absolute Gasteiger partial charge is 0.419 e. The zero-order valence-corrected chi connectivity index (χ0v) is 9.97. The topological polar surface area (TPSA) is 78.3 Å². The minimum Gasteiger partial charge on any atom is -0.407 e. The predicted octanol–water partition coefficient (Wildman–Crippen LogP) is 2.55. The molecule has 17 heavy (non-hydrogen) atoms. The van der Waals surface area contributed by atoms with Gasteiger partial charge in [-0.05, 0) is 13.0 Å². The van der Waals surface area contributed by atoms with E-state index in [4.69, 9.17) is 4.42 Å². The van der Waals surface area contributed by atoms with Gasteiger partial charge in [-0.3, -0.25) is 14.7 Å². The second kappa shape index (κ2) is 5.29. The molecule has 92 valence electrons. The zero-order valence-electron chi connectivity index (χ0n) is 9.97. The maximum Gasteiger partial charge on any atom is 0.419 e. The average molecular weight is 238 g/mol. The van der Waals surface area contributed by atoms with Crippen molar-refractivity contribution in [3.05, 3.63) is 38.9 Å².